The highest BCUT2D eigenvalue weighted by molar-refractivity contribution is 7.71. The monoisotopic (exact) mass is 298 g/mol. The molecule has 0 spiro atoms. The Labute approximate surface area is 118 Å². The van der Waals surface area contributed by atoms with Crippen molar-refractivity contribution < 1.29 is 20.1 Å². The topological polar surface area (TPSA) is 130 Å². The molecule has 4 atom stereocenters. The first-order valence-corrected chi connectivity index (χ1v) is 6.41. The van der Waals surface area contributed by atoms with E-state index < -0.39 is 24.5 Å². The number of ether oxygens (including phenoxy) is 1. The van der Waals surface area contributed by atoms with E-state index in [9.17, 15) is 10.2 Å². The smallest absolute Gasteiger partial charge is 0.164 e. The number of nitrogen functional groups attached to an aromatic ring is 1. The molecule has 0 unspecified atom stereocenters. The summed E-state index contributed by atoms with van der Waals surface area (Å²) in [6.07, 6.45) is -2.60. The molecule has 20 heavy (non-hydrogen) atoms. The van der Waals surface area contributed by atoms with Gasteiger partial charge in [0.1, 0.15) is 34.3 Å². The number of hydrogen-bond acceptors (Lipinski definition) is 7. The lowest BCUT2D eigenvalue weighted by molar-refractivity contribution is -0.0508. The largest absolute Gasteiger partial charge is 0.394 e. The van der Waals surface area contributed by atoms with Crippen molar-refractivity contribution >= 4 is 29.1 Å². The summed E-state index contributed by atoms with van der Waals surface area (Å²) in [6.45, 7) is -0.385. The number of hydrogen-bond donors (Lipinski definition) is 5. The molecule has 1 aliphatic rings. The molecule has 0 saturated carbocycles. The Kier molecular flexibility index (Phi) is 3.22. The number of rotatable bonds is 2. The number of aliphatic hydroxyl groups is 3. The molecule has 1 fully saturated rings. The summed E-state index contributed by atoms with van der Waals surface area (Å²) in [5.74, 6) is 0.357. The highest BCUT2D eigenvalue weighted by Crippen LogP contribution is 2.32. The summed E-state index contributed by atoms with van der Waals surface area (Å²) >= 11 is 5.12. The Balaban J connectivity index is 2.09. The van der Waals surface area contributed by atoms with E-state index in [0.29, 0.717) is 21.5 Å². The van der Waals surface area contributed by atoms with Gasteiger partial charge in [-0.25, -0.2) is 4.98 Å². The van der Waals surface area contributed by atoms with Gasteiger partial charge >= 0.3 is 0 Å². The van der Waals surface area contributed by atoms with E-state index in [2.05, 4.69) is 9.97 Å². The maximum atomic E-state index is 10.0. The van der Waals surface area contributed by atoms with E-state index in [1.54, 1.807) is 10.6 Å². The normalized spacial score (nSPS) is 30.1. The fraction of sp³-hybridized carbons (Fsp3) is 0.455. The minimum atomic E-state index is -1.18. The molecule has 0 bridgehead atoms. The maximum absolute atomic E-state index is 10.0. The maximum Gasteiger partial charge on any atom is 0.164 e. The van der Waals surface area contributed by atoms with Crippen molar-refractivity contribution in [1.82, 2.24) is 14.5 Å². The lowest BCUT2D eigenvalue weighted by Gasteiger charge is -2.17. The van der Waals surface area contributed by atoms with Gasteiger partial charge in [0.25, 0.3) is 0 Å². The number of imidazole rings is 1. The third kappa shape index (κ3) is 1.91. The number of pyridine rings is 1. The highest BCUT2D eigenvalue weighted by atomic mass is 32.1. The molecule has 1 aliphatic heterocycles. The van der Waals surface area contributed by atoms with Crippen LogP contribution in [0.5, 0.6) is 0 Å². The molecule has 1 saturated heterocycles. The van der Waals surface area contributed by atoms with Crippen LogP contribution >= 0.6 is 12.2 Å². The number of aliphatic hydroxyl groups excluding tert-OH is 3. The van der Waals surface area contributed by atoms with Gasteiger partial charge in [-0.3, -0.25) is 0 Å². The average molecular weight is 298 g/mol. The van der Waals surface area contributed by atoms with E-state index >= 15 is 0 Å². The predicted octanol–water partition coefficient (Wildman–Crippen LogP) is -0.712. The van der Waals surface area contributed by atoms with Crippen molar-refractivity contribution in [2.24, 2.45) is 0 Å². The summed E-state index contributed by atoms with van der Waals surface area (Å²) in [5, 5.41) is 28.9. The van der Waals surface area contributed by atoms with Gasteiger partial charge in [0.2, 0.25) is 0 Å². The van der Waals surface area contributed by atoms with Gasteiger partial charge < -0.3 is 35.3 Å². The summed E-state index contributed by atoms with van der Waals surface area (Å²) < 4.78 is 7.38. The summed E-state index contributed by atoms with van der Waals surface area (Å²) in [6, 6.07) is 1.62. The molecule has 0 radical (unpaired) electrons. The van der Waals surface area contributed by atoms with Gasteiger partial charge in [-0.2, -0.15) is 0 Å². The van der Waals surface area contributed by atoms with Crippen LogP contribution in [0.15, 0.2) is 12.4 Å². The van der Waals surface area contributed by atoms with Crippen LogP contribution in [0.4, 0.5) is 5.82 Å². The lowest BCUT2D eigenvalue weighted by Crippen LogP contribution is -2.33. The van der Waals surface area contributed by atoms with E-state index in [1.807, 2.05) is 0 Å². The van der Waals surface area contributed by atoms with Crippen LogP contribution in [-0.4, -0.2) is 54.8 Å². The third-order valence-corrected chi connectivity index (χ3v) is 3.68. The molecule has 3 rings (SSSR count). The fourth-order valence-corrected chi connectivity index (χ4v) is 2.65. The van der Waals surface area contributed by atoms with Crippen LogP contribution in [0.1, 0.15) is 6.23 Å². The van der Waals surface area contributed by atoms with Gasteiger partial charge in [-0.15, -0.1) is 0 Å². The first kappa shape index (κ1) is 13.5. The van der Waals surface area contributed by atoms with Crippen molar-refractivity contribution in [1.29, 1.82) is 0 Å². The minimum Gasteiger partial charge on any atom is -0.394 e. The highest BCUT2D eigenvalue weighted by Gasteiger charge is 2.43. The number of aromatic nitrogens is 3. The molecule has 9 heteroatoms. The van der Waals surface area contributed by atoms with E-state index in [4.69, 9.17) is 27.8 Å². The second kappa shape index (κ2) is 4.79. The molecule has 0 aliphatic carbocycles. The van der Waals surface area contributed by atoms with E-state index in [1.165, 1.54) is 6.33 Å². The quantitative estimate of drug-likeness (QED) is 0.463. The van der Waals surface area contributed by atoms with E-state index in [-0.39, 0.29) is 6.61 Å². The number of nitrogens with one attached hydrogen (secondary N) is 1. The van der Waals surface area contributed by atoms with Crippen molar-refractivity contribution in [2.45, 2.75) is 24.5 Å². The summed E-state index contributed by atoms with van der Waals surface area (Å²) in [7, 11) is 0. The third-order valence-electron chi connectivity index (χ3n) is 3.39. The van der Waals surface area contributed by atoms with Crippen LogP contribution in [0, 0.1) is 4.64 Å². The first-order valence-electron chi connectivity index (χ1n) is 6.00. The zero-order valence-electron chi connectivity index (χ0n) is 10.3. The Bertz CT molecular complexity index is 699. The Morgan fingerprint density at radius 3 is 2.85 bits per heavy atom. The molecular weight excluding hydrogens is 284 g/mol. The van der Waals surface area contributed by atoms with Gasteiger partial charge in [0.15, 0.2) is 6.23 Å². The molecule has 6 N–H and O–H groups in total. The van der Waals surface area contributed by atoms with Gasteiger partial charge in [-0.1, -0.05) is 12.2 Å². The van der Waals surface area contributed by atoms with Crippen LogP contribution in [0.2, 0.25) is 0 Å². The van der Waals surface area contributed by atoms with Crippen LogP contribution in [0.25, 0.3) is 11.0 Å². The first-order chi connectivity index (χ1) is 9.52. The minimum absolute atomic E-state index is 0.357. The number of fused-ring (bicyclic) bond motifs is 1. The van der Waals surface area contributed by atoms with Crippen LogP contribution in [-0.2, 0) is 4.74 Å². The summed E-state index contributed by atoms with van der Waals surface area (Å²) in [4.78, 5) is 6.93. The Hall–Kier alpha value is -1.52. The molecule has 2 aromatic heterocycles. The molecular formula is C11H14N4O4S. The van der Waals surface area contributed by atoms with Crippen molar-refractivity contribution in [3.63, 3.8) is 0 Å². The van der Waals surface area contributed by atoms with Gasteiger partial charge in [-0.05, 0) is 0 Å². The molecule has 8 nitrogen and oxygen atoms in total. The van der Waals surface area contributed by atoms with Crippen molar-refractivity contribution in [3.05, 3.63) is 17.0 Å². The van der Waals surface area contributed by atoms with Crippen molar-refractivity contribution in [2.75, 3.05) is 12.3 Å². The predicted molar refractivity (Wildman–Crippen MR) is 72.3 cm³/mol. The lowest BCUT2D eigenvalue weighted by atomic mass is 10.1. The van der Waals surface area contributed by atoms with Crippen LogP contribution < -0.4 is 5.73 Å². The number of nitrogens with two attached hydrogens (primary N) is 1. The number of aromatic amines is 1. The van der Waals surface area contributed by atoms with Crippen LogP contribution in [0.3, 0.4) is 0 Å². The molecule has 108 valence electrons. The second-order valence-electron chi connectivity index (χ2n) is 4.67. The second-order valence-corrected chi connectivity index (χ2v) is 5.08. The zero-order valence-corrected chi connectivity index (χ0v) is 11.1. The molecule has 3 heterocycles. The van der Waals surface area contributed by atoms with Gasteiger partial charge in [0.05, 0.1) is 18.5 Å². The number of nitrogens with zero attached hydrogens (tertiary/aromatic N) is 2. The van der Waals surface area contributed by atoms with Crippen molar-refractivity contribution in [3.8, 4) is 0 Å². The summed E-state index contributed by atoms with van der Waals surface area (Å²) in [5.41, 5.74) is 6.82. The standard InChI is InChI=1S/C11H14N4O4S/c12-6-1-4-7(10(20)14-6)13-3-15(4)11-9(18)8(17)5(2-16)19-11/h1,3,5,8-9,11,16-18H,2H2,(H3,12,14,20)/t5-,8-,9+,11-/m1/s1. The van der Waals surface area contributed by atoms with Gasteiger partial charge in [0, 0.05) is 6.07 Å². The SMILES string of the molecule is Nc1cc2c(ncn2[C@@H]2O[C@H](CO)[C@@H](O)[C@@H]2O)c(=S)[nH]1. The molecule has 0 amide bonds. The number of H-pyrrole nitrogens is 1. The Morgan fingerprint density at radius 1 is 1.45 bits per heavy atom. The fourth-order valence-electron chi connectivity index (χ4n) is 2.37. The molecule has 2 aromatic rings. The number of anilines is 1. The zero-order chi connectivity index (χ0) is 14.4. The Morgan fingerprint density at radius 2 is 2.20 bits per heavy atom. The average Bonchev–Trinajstić information content (AvgIpc) is 2.93. The molecule has 0 aromatic carbocycles. The van der Waals surface area contributed by atoms with E-state index in [0.717, 1.165) is 0 Å².